The number of hydrogen-bond acceptors (Lipinski definition) is 2. The number of rotatable bonds is 4. The molecule has 0 aliphatic heterocycles. The lowest BCUT2D eigenvalue weighted by Crippen LogP contribution is -2.28. The maximum atomic E-state index is 12.0. The van der Waals surface area contributed by atoms with Gasteiger partial charge >= 0.3 is 12.4 Å². The Hall–Kier alpha value is -1.05. The van der Waals surface area contributed by atoms with Crippen molar-refractivity contribution in [3.05, 3.63) is 17.9 Å². The highest BCUT2D eigenvalue weighted by Crippen LogP contribution is 2.40. The third-order valence-corrected chi connectivity index (χ3v) is 1.42. The predicted octanol–water partition coefficient (Wildman–Crippen LogP) is 3.51. The van der Waals surface area contributed by atoms with Gasteiger partial charge in [-0.05, 0) is 6.92 Å². The van der Waals surface area contributed by atoms with E-state index in [-0.39, 0.29) is 6.61 Å². The lowest BCUT2D eigenvalue weighted by Gasteiger charge is -2.15. The molecule has 0 heterocycles. The fraction of sp³-hybridized carbons (Fsp3) is 0.625. The van der Waals surface area contributed by atoms with E-state index in [1.54, 1.807) is 0 Å². The van der Waals surface area contributed by atoms with Crippen LogP contribution in [0.25, 0.3) is 0 Å². The topological polar surface area (TPSA) is 29.5 Å². The summed E-state index contributed by atoms with van der Waals surface area (Å²) >= 11 is 0. The Balaban J connectivity index is 4.94. The molecule has 0 fully saturated rings. The molecule has 0 saturated heterocycles. The van der Waals surface area contributed by atoms with Crippen LogP contribution in [-0.4, -0.2) is 24.1 Å². The molecule has 0 aliphatic carbocycles. The van der Waals surface area contributed by atoms with Gasteiger partial charge in [0.25, 0.3) is 0 Å². The fourth-order valence-corrected chi connectivity index (χ4v) is 0.846. The van der Waals surface area contributed by atoms with E-state index in [4.69, 9.17) is 5.11 Å². The number of aliphatic hydroxyl groups excluding tert-OH is 1. The summed E-state index contributed by atoms with van der Waals surface area (Å²) in [5.41, 5.74) is -2.91. The average molecular weight is 251 g/mol. The highest BCUT2D eigenvalue weighted by Gasteiger charge is 2.54. The molecule has 0 aromatic rings. The molecule has 0 aliphatic rings. The van der Waals surface area contributed by atoms with Gasteiger partial charge in [0, 0.05) is 0 Å². The SMILES string of the molecule is CCO[CH+]CC(O)=C(C(F)(F)F)C(F)(F)F. The van der Waals surface area contributed by atoms with E-state index in [1.807, 2.05) is 0 Å². The minimum Gasteiger partial charge on any atom is -0.507 e. The summed E-state index contributed by atoms with van der Waals surface area (Å²) in [6, 6.07) is 0. The van der Waals surface area contributed by atoms with E-state index >= 15 is 0 Å². The predicted molar refractivity (Wildman–Crippen MR) is 42.3 cm³/mol. The van der Waals surface area contributed by atoms with Gasteiger partial charge in [-0.3, -0.25) is 0 Å². The first-order valence-corrected chi connectivity index (χ1v) is 4.10. The average Bonchev–Trinajstić information content (AvgIpc) is 1.98. The van der Waals surface area contributed by atoms with Crippen LogP contribution in [0.15, 0.2) is 11.3 Å². The Morgan fingerprint density at radius 2 is 1.56 bits per heavy atom. The molecule has 0 rings (SSSR count). The molecule has 0 bridgehead atoms. The number of hydrogen-bond donors (Lipinski definition) is 1. The second-order valence-corrected chi connectivity index (χ2v) is 2.64. The van der Waals surface area contributed by atoms with Gasteiger partial charge in [0.15, 0.2) is 17.8 Å². The quantitative estimate of drug-likeness (QED) is 0.358. The lowest BCUT2D eigenvalue weighted by molar-refractivity contribution is -0.175. The molecule has 8 heteroatoms. The van der Waals surface area contributed by atoms with Crippen molar-refractivity contribution in [3.8, 4) is 0 Å². The maximum Gasteiger partial charge on any atom is 0.424 e. The Morgan fingerprint density at radius 1 is 1.12 bits per heavy atom. The highest BCUT2D eigenvalue weighted by atomic mass is 19.4. The zero-order valence-corrected chi connectivity index (χ0v) is 8.11. The van der Waals surface area contributed by atoms with Gasteiger partial charge in [-0.25, -0.2) is 0 Å². The zero-order valence-electron chi connectivity index (χ0n) is 8.11. The normalized spacial score (nSPS) is 12.4. The molecule has 0 amide bonds. The van der Waals surface area contributed by atoms with E-state index in [0.717, 1.165) is 0 Å². The smallest absolute Gasteiger partial charge is 0.424 e. The van der Waals surface area contributed by atoms with Crippen LogP contribution in [0.2, 0.25) is 0 Å². The van der Waals surface area contributed by atoms with Crippen molar-refractivity contribution < 1.29 is 36.2 Å². The summed E-state index contributed by atoms with van der Waals surface area (Å²) in [6.07, 6.45) is -12.3. The molecule has 0 aromatic heterocycles. The Bertz CT molecular complexity index is 236. The van der Waals surface area contributed by atoms with Crippen LogP contribution in [0.5, 0.6) is 0 Å². The number of allylic oxidation sites excluding steroid dienone is 1. The Labute approximate surface area is 87.5 Å². The molecule has 0 saturated carbocycles. The summed E-state index contributed by atoms with van der Waals surface area (Å²) in [6.45, 7) is 2.25. The Morgan fingerprint density at radius 3 is 1.88 bits per heavy atom. The van der Waals surface area contributed by atoms with Crippen LogP contribution in [-0.2, 0) is 4.74 Å². The first kappa shape index (κ1) is 14.9. The standard InChI is InChI=1S/C8H8F6O2/c1-2-16-4-3-5(15)6(7(9,10)11)8(12,13)14/h4H,2-3H2,1H3/p+1. The van der Waals surface area contributed by atoms with Gasteiger partial charge in [0.2, 0.25) is 6.61 Å². The van der Waals surface area contributed by atoms with Gasteiger partial charge in [-0.2, -0.15) is 31.1 Å². The monoisotopic (exact) mass is 251 g/mol. The number of aliphatic hydroxyl groups is 1. The second-order valence-electron chi connectivity index (χ2n) is 2.64. The van der Waals surface area contributed by atoms with Crippen LogP contribution >= 0.6 is 0 Å². The summed E-state index contributed by atoms with van der Waals surface area (Å²) in [4.78, 5) is 0. The summed E-state index contributed by atoms with van der Waals surface area (Å²) in [5.74, 6) is -1.81. The van der Waals surface area contributed by atoms with Gasteiger partial charge in [0.1, 0.15) is 0 Å². The first-order valence-electron chi connectivity index (χ1n) is 4.10. The van der Waals surface area contributed by atoms with E-state index < -0.39 is 30.1 Å². The largest absolute Gasteiger partial charge is 0.507 e. The van der Waals surface area contributed by atoms with E-state index in [1.165, 1.54) is 6.92 Å². The van der Waals surface area contributed by atoms with Crippen molar-refractivity contribution in [3.63, 3.8) is 0 Å². The third-order valence-electron chi connectivity index (χ3n) is 1.42. The van der Waals surface area contributed by atoms with Crippen molar-refractivity contribution in [1.29, 1.82) is 0 Å². The molecule has 0 aromatic carbocycles. The van der Waals surface area contributed by atoms with E-state index in [2.05, 4.69) is 4.74 Å². The van der Waals surface area contributed by atoms with Crippen LogP contribution in [0.3, 0.4) is 0 Å². The van der Waals surface area contributed by atoms with E-state index in [0.29, 0.717) is 6.61 Å². The summed E-state index contributed by atoms with van der Waals surface area (Å²) in [7, 11) is 0. The lowest BCUT2D eigenvalue weighted by atomic mass is 10.1. The van der Waals surface area contributed by atoms with Crippen molar-refractivity contribution in [2.75, 3.05) is 6.61 Å². The van der Waals surface area contributed by atoms with Gasteiger partial charge in [-0.1, -0.05) is 0 Å². The minimum atomic E-state index is -5.65. The van der Waals surface area contributed by atoms with Gasteiger partial charge in [0.05, 0.1) is 6.61 Å². The second kappa shape index (κ2) is 5.33. The van der Waals surface area contributed by atoms with E-state index in [9.17, 15) is 26.3 Å². The van der Waals surface area contributed by atoms with Crippen molar-refractivity contribution >= 4 is 0 Å². The van der Waals surface area contributed by atoms with Crippen LogP contribution in [0.1, 0.15) is 13.3 Å². The van der Waals surface area contributed by atoms with Crippen molar-refractivity contribution in [2.24, 2.45) is 0 Å². The molecule has 2 nitrogen and oxygen atoms in total. The highest BCUT2D eigenvalue weighted by molar-refractivity contribution is 5.19. The van der Waals surface area contributed by atoms with Crippen molar-refractivity contribution in [2.45, 2.75) is 25.7 Å². The molecule has 0 atom stereocenters. The van der Waals surface area contributed by atoms with Gasteiger partial charge < -0.3 is 5.11 Å². The molecule has 0 spiro atoms. The third kappa shape index (κ3) is 4.65. The molecule has 0 radical (unpaired) electrons. The minimum absolute atomic E-state index is 0.0840. The fourth-order valence-electron chi connectivity index (χ4n) is 0.846. The van der Waals surface area contributed by atoms with Crippen molar-refractivity contribution in [1.82, 2.24) is 0 Å². The number of ether oxygens (including phenoxy) is 1. The van der Waals surface area contributed by atoms with Gasteiger partial charge in [-0.15, -0.1) is 0 Å². The van der Waals surface area contributed by atoms with Crippen LogP contribution in [0.4, 0.5) is 26.3 Å². The van der Waals surface area contributed by atoms with Crippen LogP contribution in [0, 0.1) is 6.61 Å². The molecule has 16 heavy (non-hydrogen) atoms. The summed E-state index contributed by atoms with van der Waals surface area (Å²) < 4.78 is 76.3. The zero-order chi connectivity index (χ0) is 13.0. The van der Waals surface area contributed by atoms with Crippen LogP contribution < -0.4 is 0 Å². The molecular weight excluding hydrogens is 242 g/mol. The molecule has 94 valence electrons. The molecule has 0 unspecified atom stereocenters. The number of halogens is 6. The molecule has 1 N–H and O–H groups in total. The Kier molecular flexibility index (Phi) is 4.98. The molecular formula is C8H9F6O2+. The maximum absolute atomic E-state index is 12.0. The summed E-state index contributed by atoms with van der Waals surface area (Å²) in [5, 5.41) is 8.74. The first-order chi connectivity index (χ1) is 7.10. The number of alkyl halides is 6.